The summed E-state index contributed by atoms with van der Waals surface area (Å²) >= 11 is 15.2. The highest BCUT2D eigenvalue weighted by atomic mass is 35.5. The quantitative estimate of drug-likeness (QED) is 0.245. The smallest absolute Gasteiger partial charge is 0.262 e. The van der Waals surface area contributed by atoms with Gasteiger partial charge in [0.1, 0.15) is 6.04 Å². The number of hydrogen-bond acceptors (Lipinski definition) is 6. The van der Waals surface area contributed by atoms with Crippen molar-refractivity contribution in [2.75, 3.05) is 0 Å². The molecule has 0 saturated heterocycles. The van der Waals surface area contributed by atoms with Crippen LogP contribution in [0.5, 0.6) is 0 Å². The van der Waals surface area contributed by atoms with E-state index in [1.165, 1.54) is 22.7 Å². The molecule has 5 rings (SSSR count). The van der Waals surface area contributed by atoms with Crippen LogP contribution in [-0.4, -0.2) is 32.6 Å². The maximum atomic E-state index is 13.0. The SMILES string of the molecule is NC(=O)[C@H](Cc1cccs1)NC(=O)c1ccc(-c2cc(-c3cccnc3)nn2-c2ccc(Cl)c(Cl)c2)s1. The number of thiophene rings is 2. The molecule has 0 fully saturated rings. The third-order valence-electron chi connectivity index (χ3n) is 5.53. The molecule has 7 nitrogen and oxygen atoms in total. The van der Waals surface area contributed by atoms with Crippen LogP contribution in [0.3, 0.4) is 0 Å². The minimum absolute atomic E-state index is 0.343. The highest BCUT2D eigenvalue weighted by Gasteiger charge is 2.22. The standard InChI is InChI=1S/C26H19Cl2N5O2S2/c27-18-6-5-16(11-19(18)28)33-22(13-20(32-33)15-3-1-9-30-14-15)23-7-8-24(37-23)26(35)31-21(25(29)34)12-17-4-2-10-36-17/h1-11,13-14,21H,12H2,(H2,29,34)(H,31,35)/t21-/m0/s1. The first-order valence-corrected chi connectivity index (χ1v) is 13.5. The first kappa shape index (κ1) is 25.2. The molecule has 0 saturated carbocycles. The minimum Gasteiger partial charge on any atom is -0.368 e. The number of aromatic nitrogens is 3. The number of rotatable bonds is 8. The summed E-state index contributed by atoms with van der Waals surface area (Å²) in [6, 6.07) is 17.5. The molecule has 2 amide bonds. The molecule has 0 bridgehead atoms. The third-order valence-corrected chi connectivity index (χ3v) is 8.28. The highest BCUT2D eigenvalue weighted by Crippen LogP contribution is 2.34. The van der Waals surface area contributed by atoms with E-state index < -0.39 is 11.9 Å². The molecule has 0 aliphatic heterocycles. The summed E-state index contributed by atoms with van der Waals surface area (Å²) in [4.78, 5) is 31.4. The third kappa shape index (κ3) is 5.60. The average Bonchev–Trinajstić information content (AvgIpc) is 3.66. The van der Waals surface area contributed by atoms with Gasteiger partial charge in [-0.15, -0.1) is 22.7 Å². The van der Waals surface area contributed by atoms with Crippen molar-refractivity contribution in [3.63, 3.8) is 0 Å². The summed E-state index contributed by atoms with van der Waals surface area (Å²) in [6.07, 6.45) is 3.77. The second-order valence-corrected chi connectivity index (χ2v) is 11.0. The predicted molar refractivity (Wildman–Crippen MR) is 149 cm³/mol. The van der Waals surface area contributed by atoms with Gasteiger partial charge in [-0.25, -0.2) is 4.68 Å². The predicted octanol–water partition coefficient (Wildman–Crippen LogP) is 5.86. The normalized spacial score (nSPS) is 11.8. The van der Waals surface area contributed by atoms with Crippen LogP contribution in [0.15, 0.2) is 78.4 Å². The van der Waals surface area contributed by atoms with E-state index in [-0.39, 0.29) is 5.91 Å². The van der Waals surface area contributed by atoms with Crippen molar-refractivity contribution in [3.05, 3.63) is 98.2 Å². The van der Waals surface area contributed by atoms with Crippen molar-refractivity contribution in [1.82, 2.24) is 20.1 Å². The summed E-state index contributed by atoms with van der Waals surface area (Å²) in [5, 5.41) is 10.3. The van der Waals surface area contributed by atoms with Gasteiger partial charge < -0.3 is 11.1 Å². The van der Waals surface area contributed by atoms with Crippen LogP contribution in [0.25, 0.3) is 27.5 Å². The van der Waals surface area contributed by atoms with E-state index in [0.717, 1.165) is 21.0 Å². The monoisotopic (exact) mass is 567 g/mol. The number of nitrogens with zero attached hydrogens (tertiary/aromatic N) is 3. The number of halogens is 2. The average molecular weight is 569 g/mol. The van der Waals surface area contributed by atoms with Gasteiger partial charge in [-0.2, -0.15) is 5.10 Å². The number of nitrogens with one attached hydrogen (secondary N) is 1. The summed E-state index contributed by atoms with van der Waals surface area (Å²) in [5.41, 5.74) is 8.58. The van der Waals surface area contributed by atoms with Gasteiger partial charge in [-0.05, 0) is 60.0 Å². The molecular weight excluding hydrogens is 549 g/mol. The van der Waals surface area contributed by atoms with Crippen molar-refractivity contribution in [2.45, 2.75) is 12.5 Å². The Kier molecular flexibility index (Phi) is 7.38. The van der Waals surface area contributed by atoms with Gasteiger partial charge in [0.15, 0.2) is 0 Å². The first-order chi connectivity index (χ1) is 17.9. The molecule has 4 heterocycles. The Labute approximate surface area is 230 Å². The number of carbonyl (C=O) groups excluding carboxylic acids is 2. The lowest BCUT2D eigenvalue weighted by molar-refractivity contribution is -0.119. The first-order valence-electron chi connectivity index (χ1n) is 11.1. The number of pyridine rings is 1. The van der Waals surface area contributed by atoms with Crippen LogP contribution in [0, 0.1) is 0 Å². The van der Waals surface area contributed by atoms with Crippen LogP contribution in [-0.2, 0) is 11.2 Å². The highest BCUT2D eigenvalue weighted by molar-refractivity contribution is 7.17. The Morgan fingerprint density at radius 2 is 1.92 bits per heavy atom. The molecular formula is C26H19Cl2N5O2S2. The molecule has 1 atom stereocenters. The van der Waals surface area contributed by atoms with E-state index in [9.17, 15) is 9.59 Å². The van der Waals surface area contributed by atoms with Crippen LogP contribution in [0.1, 0.15) is 14.5 Å². The lowest BCUT2D eigenvalue weighted by Crippen LogP contribution is -2.45. The van der Waals surface area contributed by atoms with Gasteiger partial charge in [-0.3, -0.25) is 14.6 Å². The maximum Gasteiger partial charge on any atom is 0.262 e. The van der Waals surface area contributed by atoms with Crippen LogP contribution < -0.4 is 11.1 Å². The maximum absolute atomic E-state index is 13.0. The number of hydrogen-bond donors (Lipinski definition) is 2. The Morgan fingerprint density at radius 3 is 2.62 bits per heavy atom. The Hall–Kier alpha value is -3.50. The van der Waals surface area contributed by atoms with Crippen molar-refractivity contribution in [3.8, 4) is 27.5 Å². The fourth-order valence-corrected chi connectivity index (χ4v) is 5.66. The summed E-state index contributed by atoms with van der Waals surface area (Å²) in [7, 11) is 0. The minimum atomic E-state index is -0.810. The van der Waals surface area contributed by atoms with Gasteiger partial charge in [-0.1, -0.05) is 29.3 Å². The molecule has 0 unspecified atom stereocenters. The zero-order valence-electron chi connectivity index (χ0n) is 19.1. The van der Waals surface area contributed by atoms with E-state index in [4.69, 9.17) is 34.0 Å². The largest absolute Gasteiger partial charge is 0.368 e. The molecule has 0 radical (unpaired) electrons. The van der Waals surface area contributed by atoms with Gasteiger partial charge in [0.05, 0.1) is 36.9 Å². The van der Waals surface area contributed by atoms with Crippen molar-refractivity contribution >= 4 is 57.7 Å². The Bertz CT molecular complexity index is 1570. The molecule has 186 valence electrons. The van der Waals surface area contributed by atoms with E-state index in [0.29, 0.717) is 32.7 Å². The van der Waals surface area contributed by atoms with E-state index in [1.807, 2.05) is 47.8 Å². The van der Waals surface area contributed by atoms with E-state index >= 15 is 0 Å². The van der Waals surface area contributed by atoms with Crippen molar-refractivity contribution in [2.24, 2.45) is 5.73 Å². The van der Waals surface area contributed by atoms with Gasteiger partial charge >= 0.3 is 0 Å². The lowest BCUT2D eigenvalue weighted by atomic mass is 10.1. The molecule has 3 N–H and O–H groups in total. The van der Waals surface area contributed by atoms with Crippen LogP contribution in [0.4, 0.5) is 0 Å². The molecule has 4 aromatic heterocycles. The molecule has 0 aliphatic carbocycles. The Morgan fingerprint density at radius 1 is 1.05 bits per heavy atom. The fraction of sp³-hybridized carbons (Fsp3) is 0.0769. The molecule has 11 heteroatoms. The van der Waals surface area contributed by atoms with E-state index in [1.54, 1.807) is 35.3 Å². The van der Waals surface area contributed by atoms with Crippen LogP contribution >= 0.6 is 45.9 Å². The molecule has 1 aromatic carbocycles. The van der Waals surface area contributed by atoms with Gasteiger partial charge in [0, 0.05) is 29.3 Å². The molecule has 37 heavy (non-hydrogen) atoms. The summed E-state index contributed by atoms with van der Waals surface area (Å²) in [5.74, 6) is -0.956. The molecule has 5 aromatic rings. The zero-order valence-corrected chi connectivity index (χ0v) is 22.2. The number of carbonyl (C=O) groups is 2. The molecule has 0 aliphatic rings. The fourth-order valence-electron chi connectivity index (χ4n) is 3.71. The molecule has 0 spiro atoms. The number of nitrogens with two attached hydrogens (primary N) is 1. The number of amides is 2. The number of benzene rings is 1. The van der Waals surface area contributed by atoms with E-state index in [2.05, 4.69) is 10.3 Å². The van der Waals surface area contributed by atoms with Crippen LogP contribution in [0.2, 0.25) is 10.0 Å². The summed E-state index contributed by atoms with van der Waals surface area (Å²) < 4.78 is 1.75. The Balaban J connectivity index is 1.47. The van der Waals surface area contributed by atoms with Gasteiger partial charge in [0.2, 0.25) is 5.91 Å². The zero-order chi connectivity index (χ0) is 25.9. The van der Waals surface area contributed by atoms with Crippen molar-refractivity contribution in [1.29, 1.82) is 0 Å². The van der Waals surface area contributed by atoms with Crippen molar-refractivity contribution < 1.29 is 9.59 Å². The topological polar surface area (TPSA) is 103 Å². The van der Waals surface area contributed by atoms with Gasteiger partial charge in [0.25, 0.3) is 5.91 Å². The second-order valence-electron chi connectivity index (χ2n) is 8.04. The number of primary amides is 1. The summed E-state index contributed by atoms with van der Waals surface area (Å²) in [6.45, 7) is 0. The lowest BCUT2D eigenvalue weighted by Gasteiger charge is -2.14. The second kappa shape index (κ2) is 10.9.